The van der Waals surface area contributed by atoms with Crippen LogP contribution in [0.3, 0.4) is 0 Å². The van der Waals surface area contributed by atoms with Gasteiger partial charge in [-0.25, -0.2) is 9.18 Å². The van der Waals surface area contributed by atoms with Crippen LogP contribution in [0.1, 0.15) is 12.5 Å². The van der Waals surface area contributed by atoms with E-state index >= 15 is 0 Å². The van der Waals surface area contributed by atoms with E-state index in [2.05, 4.69) is 10.2 Å². The van der Waals surface area contributed by atoms with E-state index in [0.717, 1.165) is 18.7 Å². The molecule has 3 rings (SSSR count). The molecule has 6 nitrogen and oxygen atoms in total. The Kier molecular flexibility index (Phi) is 6.71. The van der Waals surface area contributed by atoms with E-state index in [0.29, 0.717) is 37.7 Å². The number of anilines is 1. The first-order valence-corrected chi connectivity index (χ1v) is 9.43. The third kappa shape index (κ3) is 4.92. The first kappa shape index (κ1) is 19.9. The average molecular weight is 387 g/mol. The van der Waals surface area contributed by atoms with E-state index in [1.54, 1.807) is 11.0 Å². The van der Waals surface area contributed by atoms with Crippen LogP contribution in [0.5, 0.6) is 11.5 Å². The van der Waals surface area contributed by atoms with Crippen LogP contribution in [0.2, 0.25) is 0 Å². The molecule has 0 atom stereocenters. The van der Waals surface area contributed by atoms with E-state index in [1.807, 2.05) is 37.3 Å². The van der Waals surface area contributed by atoms with Crippen LogP contribution < -0.4 is 14.8 Å². The highest BCUT2D eigenvalue weighted by atomic mass is 19.1. The second-order valence-corrected chi connectivity index (χ2v) is 6.59. The van der Waals surface area contributed by atoms with Crippen molar-refractivity contribution in [2.24, 2.45) is 0 Å². The van der Waals surface area contributed by atoms with Gasteiger partial charge in [0.25, 0.3) is 0 Å². The molecule has 1 fully saturated rings. The quantitative estimate of drug-likeness (QED) is 0.823. The lowest BCUT2D eigenvalue weighted by molar-refractivity contribution is 0.143. The SMILES string of the molecule is CCOc1ccccc1NC(=O)N1CCN(Cc2ccc(OC)c(F)c2)CC1. The van der Waals surface area contributed by atoms with Crippen molar-refractivity contribution >= 4 is 11.7 Å². The number of amides is 2. The molecular weight excluding hydrogens is 361 g/mol. The van der Waals surface area contributed by atoms with E-state index in [1.165, 1.54) is 13.2 Å². The number of methoxy groups -OCH3 is 1. The molecule has 1 heterocycles. The maximum atomic E-state index is 13.9. The van der Waals surface area contributed by atoms with Gasteiger partial charge in [-0.3, -0.25) is 4.90 Å². The average Bonchev–Trinajstić information content (AvgIpc) is 2.70. The van der Waals surface area contributed by atoms with Gasteiger partial charge in [-0.05, 0) is 36.8 Å². The Morgan fingerprint density at radius 1 is 1.11 bits per heavy atom. The number of benzene rings is 2. The molecule has 1 N–H and O–H groups in total. The van der Waals surface area contributed by atoms with Crippen molar-refractivity contribution in [1.82, 2.24) is 9.80 Å². The molecule has 7 heteroatoms. The first-order valence-electron chi connectivity index (χ1n) is 9.43. The predicted molar refractivity (Wildman–Crippen MR) is 106 cm³/mol. The summed E-state index contributed by atoms with van der Waals surface area (Å²) in [4.78, 5) is 16.6. The summed E-state index contributed by atoms with van der Waals surface area (Å²) < 4.78 is 24.4. The van der Waals surface area contributed by atoms with Crippen molar-refractivity contribution in [3.63, 3.8) is 0 Å². The smallest absolute Gasteiger partial charge is 0.322 e. The molecule has 2 aromatic rings. The Balaban J connectivity index is 1.52. The van der Waals surface area contributed by atoms with Crippen molar-refractivity contribution in [1.29, 1.82) is 0 Å². The molecule has 0 aromatic heterocycles. The van der Waals surface area contributed by atoms with Crippen LogP contribution in [0, 0.1) is 5.82 Å². The van der Waals surface area contributed by atoms with Gasteiger partial charge < -0.3 is 19.7 Å². The molecule has 150 valence electrons. The fourth-order valence-corrected chi connectivity index (χ4v) is 3.22. The molecule has 2 aromatic carbocycles. The van der Waals surface area contributed by atoms with Gasteiger partial charge >= 0.3 is 6.03 Å². The van der Waals surface area contributed by atoms with Gasteiger partial charge in [-0.15, -0.1) is 0 Å². The minimum atomic E-state index is -0.356. The van der Waals surface area contributed by atoms with Gasteiger partial charge in [0.05, 0.1) is 19.4 Å². The predicted octanol–water partition coefficient (Wildman–Crippen LogP) is 3.58. The zero-order valence-electron chi connectivity index (χ0n) is 16.3. The van der Waals surface area contributed by atoms with Gasteiger partial charge in [-0.1, -0.05) is 18.2 Å². The molecule has 1 aliphatic heterocycles. The number of ether oxygens (including phenoxy) is 2. The Morgan fingerprint density at radius 3 is 2.54 bits per heavy atom. The topological polar surface area (TPSA) is 54.0 Å². The normalized spacial score (nSPS) is 14.6. The lowest BCUT2D eigenvalue weighted by Crippen LogP contribution is -2.49. The van der Waals surface area contributed by atoms with E-state index in [4.69, 9.17) is 9.47 Å². The van der Waals surface area contributed by atoms with Crippen molar-refractivity contribution in [3.8, 4) is 11.5 Å². The molecule has 0 saturated carbocycles. The summed E-state index contributed by atoms with van der Waals surface area (Å²) in [6.45, 7) is 5.78. The minimum Gasteiger partial charge on any atom is -0.494 e. The molecule has 0 bridgehead atoms. The van der Waals surface area contributed by atoms with Crippen LogP contribution in [-0.4, -0.2) is 55.7 Å². The summed E-state index contributed by atoms with van der Waals surface area (Å²) in [6.07, 6.45) is 0. The molecule has 0 unspecified atom stereocenters. The summed E-state index contributed by atoms with van der Waals surface area (Å²) in [5.41, 5.74) is 1.56. The Labute approximate surface area is 164 Å². The number of carbonyl (C=O) groups excluding carboxylic acids is 1. The maximum absolute atomic E-state index is 13.9. The lowest BCUT2D eigenvalue weighted by atomic mass is 10.2. The van der Waals surface area contributed by atoms with Gasteiger partial charge in [0.1, 0.15) is 5.75 Å². The van der Waals surface area contributed by atoms with Crippen molar-refractivity contribution < 1.29 is 18.7 Å². The van der Waals surface area contributed by atoms with Crippen LogP contribution in [0.4, 0.5) is 14.9 Å². The van der Waals surface area contributed by atoms with Crippen molar-refractivity contribution in [3.05, 3.63) is 53.8 Å². The van der Waals surface area contributed by atoms with Gasteiger partial charge in [-0.2, -0.15) is 0 Å². The minimum absolute atomic E-state index is 0.137. The molecule has 0 spiro atoms. The number of nitrogens with one attached hydrogen (secondary N) is 1. The van der Waals surface area contributed by atoms with E-state index in [-0.39, 0.29) is 17.6 Å². The molecule has 0 radical (unpaired) electrons. The number of urea groups is 1. The van der Waals surface area contributed by atoms with Crippen LogP contribution >= 0.6 is 0 Å². The highest BCUT2D eigenvalue weighted by molar-refractivity contribution is 5.91. The molecule has 2 amide bonds. The van der Waals surface area contributed by atoms with E-state index in [9.17, 15) is 9.18 Å². The second kappa shape index (κ2) is 9.41. The second-order valence-electron chi connectivity index (χ2n) is 6.59. The molecule has 1 saturated heterocycles. The molecule has 0 aliphatic carbocycles. The largest absolute Gasteiger partial charge is 0.494 e. The summed E-state index contributed by atoms with van der Waals surface area (Å²) in [7, 11) is 1.45. The number of carbonyl (C=O) groups is 1. The summed E-state index contributed by atoms with van der Waals surface area (Å²) in [5.74, 6) is 0.557. The number of piperazine rings is 1. The van der Waals surface area contributed by atoms with Gasteiger partial charge in [0, 0.05) is 32.7 Å². The third-order valence-electron chi connectivity index (χ3n) is 4.71. The fourth-order valence-electron chi connectivity index (χ4n) is 3.22. The summed E-state index contributed by atoms with van der Waals surface area (Å²) in [5, 5.41) is 2.93. The maximum Gasteiger partial charge on any atom is 0.322 e. The van der Waals surface area contributed by atoms with Gasteiger partial charge in [0.2, 0.25) is 0 Å². The summed E-state index contributed by atoms with van der Waals surface area (Å²) >= 11 is 0. The molecular formula is C21H26FN3O3. The first-order chi connectivity index (χ1) is 13.6. The van der Waals surface area contributed by atoms with E-state index < -0.39 is 0 Å². The zero-order valence-corrected chi connectivity index (χ0v) is 16.3. The van der Waals surface area contributed by atoms with Crippen molar-refractivity contribution in [2.45, 2.75) is 13.5 Å². The standard InChI is InChI=1S/C21H26FN3O3/c1-3-28-20-7-5-4-6-18(20)23-21(26)25-12-10-24(11-13-25)15-16-8-9-19(27-2)17(22)14-16/h4-9,14H,3,10-13,15H2,1-2H3,(H,23,26). The molecule has 1 aliphatic rings. The van der Waals surface area contributed by atoms with Crippen molar-refractivity contribution in [2.75, 3.05) is 45.2 Å². The number of para-hydroxylation sites is 2. The number of hydrogen-bond donors (Lipinski definition) is 1. The Morgan fingerprint density at radius 2 is 1.86 bits per heavy atom. The highest BCUT2D eigenvalue weighted by Gasteiger charge is 2.22. The van der Waals surface area contributed by atoms with Gasteiger partial charge in [0.15, 0.2) is 11.6 Å². The zero-order chi connectivity index (χ0) is 19.9. The molecule has 28 heavy (non-hydrogen) atoms. The number of rotatable bonds is 6. The third-order valence-corrected chi connectivity index (χ3v) is 4.71. The van der Waals surface area contributed by atoms with Crippen LogP contribution in [0.15, 0.2) is 42.5 Å². The summed E-state index contributed by atoms with van der Waals surface area (Å²) in [6, 6.07) is 12.3. The lowest BCUT2D eigenvalue weighted by Gasteiger charge is -2.34. The Bertz CT molecular complexity index is 807. The number of nitrogens with zero attached hydrogens (tertiary/aromatic N) is 2. The van der Waals surface area contributed by atoms with Crippen LogP contribution in [0.25, 0.3) is 0 Å². The van der Waals surface area contributed by atoms with Crippen LogP contribution in [-0.2, 0) is 6.54 Å². The Hall–Kier alpha value is -2.80. The monoisotopic (exact) mass is 387 g/mol. The number of halogens is 1. The number of hydrogen-bond acceptors (Lipinski definition) is 4. The highest BCUT2D eigenvalue weighted by Crippen LogP contribution is 2.24. The fraction of sp³-hybridized carbons (Fsp3) is 0.381.